The molecular weight excluding hydrogens is 228 g/mol. The van der Waals surface area contributed by atoms with Crippen molar-refractivity contribution in [1.29, 1.82) is 0 Å². The van der Waals surface area contributed by atoms with Crippen molar-refractivity contribution < 1.29 is 9.59 Å². The first-order valence-corrected chi connectivity index (χ1v) is 6.23. The van der Waals surface area contributed by atoms with E-state index in [4.69, 9.17) is 0 Å². The molecule has 18 heavy (non-hydrogen) atoms. The fraction of sp³-hybridized carbons (Fsp3) is 0.429. The summed E-state index contributed by atoms with van der Waals surface area (Å²) in [7, 11) is 0. The predicted molar refractivity (Wildman–Crippen MR) is 67.6 cm³/mol. The molecule has 2 aliphatic rings. The lowest BCUT2D eigenvalue weighted by Crippen LogP contribution is -2.51. The molecule has 1 aromatic rings. The first-order valence-electron chi connectivity index (χ1n) is 6.23. The number of amides is 2. The second-order valence-electron chi connectivity index (χ2n) is 5.42. The molecule has 1 fully saturated rings. The van der Waals surface area contributed by atoms with Gasteiger partial charge in [0, 0.05) is 6.54 Å². The lowest BCUT2D eigenvalue weighted by molar-refractivity contribution is 0.0482. The van der Waals surface area contributed by atoms with Crippen LogP contribution in [-0.4, -0.2) is 35.3 Å². The Hall–Kier alpha value is -1.68. The van der Waals surface area contributed by atoms with Gasteiger partial charge in [0.1, 0.15) is 0 Å². The van der Waals surface area contributed by atoms with Crippen LogP contribution < -0.4 is 5.32 Å². The fourth-order valence-corrected chi connectivity index (χ4v) is 2.84. The molecule has 0 radical (unpaired) electrons. The zero-order chi connectivity index (χ0) is 12.9. The first kappa shape index (κ1) is 11.4. The summed E-state index contributed by atoms with van der Waals surface area (Å²) in [4.78, 5) is 26.3. The predicted octanol–water partition coefficient (Wildman–Crippen LogP) is 1.34. The average molecular weight is 244 g/mol. The van der Waals surface area contributed by atoms with Crippen LogP contribution in [0.4, 0.5) is 0 Å². The van der Waals surface area contributed by atoms with Gasteiger partial charge in [0.15, 0.2) is 0 Å². The highest BCUT2D eigenvalue weighted by Gasteiger charge is 2.47. The molecule has 94 valence electrons. The van der Waals surface area contributed by atoms with Crippen molar-refractivity contribution in [2.24, 2.45) is 0 Å². The second kappa shape index (κ2) is 3.65. The van der Waals surface area contributed by atoms with Crippen LogP contribution in [0.1, 0.15) is 39.6 Å². The highest BCUT2D eigenvalue weighted by molar-refractivity contribution is 6.22. The molecule has 0 aromatic heterocycles. The van der Waals surface area contributed by atoms with Crippen LogP contribution in [0.3, 0.4) is 0 Å². The number of rotatable bonds is 1. The number of nitrogens with one attached hydrogen (secondary N) is 1. The van der Waals surface area contributed by atoms with E-state index in [9.17, 15) is 9.59 Å². The third kappa shape index (κ3) is 1.42. The zero-order valence-electron chi connectivity index (χ0n) is 10.6. The average Bonchev–Trinajstić information content (AvgIpc) is 2.85. The summed E-state index contributed by atoms with van der Waals surface area (Å²) in [6.07, 6.45) is 0.817. The second-order valence-corrected chi connectivity index (χ2v) is 5.42. The first-order chi connectivity index (χ1) is 8.53. The Labute approximate surface area is 106 Å². The van der Waals surface area contributed by atoms with Crippen LogP contribution in [0.2, 0.25) is 0 Å². The monoisotopic (exact) mass is 244 g/mol. The Bertz CT molecular complexity index is 545. The van der Waals surface area contributed by atoms with Crippen molar-refractivity contribution in [3.63, 3.8) is 0 Å². The zero-order valence-corrected chi connectivity index (χ0v) is 10.6. The van der Waals surface area contributed by atoms with Crippen molar-refractivity contribution in [1.82, 2.24) is 10.2 Å². The van der Waals surface area contributed by atoms with Gasteiger partial charge in [0.05, 0.1) is 16.7 Å². The van der Waals surface area contributed by atoms with E-state index < -0.39 is 0 Å². The smallest absolute Gasteiger partial charge is 0.262 e. The van der Waals surface area contributed by atoms with Gasteiger partial charge >= 0.3 is 0 Å². The maximum atomic E-state index is 12.4. The normalized spacial score (nSPS) is 26.9. The highest BCUT2D eigenvalue weighted by atomic mass is 16.2. The molecule has 4 heteroatoms. The van der Waals surface area contributed by atoms with Gasteiger partial charge in [-0.3, -0.25) is 14.5 Å². The molecule has 3 rings (SSSR count). The standard InChI is InChI=1S/C14H16N2O2/c1-9-3-4-10-11(7-9)13(18)16(12(10)17)14(2)5-6-15-8-14/h3-4,7,15H,5-6,8H2,1-2H3. The summed E-state index contributed by atoms with van der Waals surface area (Å²) in [6, 6.07) is 5.45. The van der Waals surface area contributed by atoms with Gasteiger partial charge in [-0.15, -0.1) is 0 Å². The summed E-state index contributed by atoms with van der Waals surface area (Å²) in [6.45, 7) is 5.43. The quantitative estimate of drug-likeness (QED) is 0.758. The molecule has 1 aromatic carbocycles. The van der Waals surface area contributed by atoms with E-state index in [1.54, 1.807) is 12.1 Å². The number of hydrogen-bond acceptors (Lipinski definition) is 3. The van der Waals surface area contributed by atoms with Gasteiger partial charge in [0.2, 0.25) is 0 Å². The Morgan fingerprint density at radius 2 is 1.94 bits per heavy atom. The summed E-state index contributed by atoms with van der Waals surface area (Å²) in [5.41, 5.74) is 1.71. The number of fused-ring (bicyclic) bond motifs is 1. The molecule has 0 saturated carbocycles. The van der Waals surface area contributed by atoms with E-state index >= 15 is 0 Å². The van der Waals surface area contributed by atoms with E-state index in [2.05, 4.69) is 5.32 Å². The minimum atomic E-state index is -0.388. The molecular formula is C14H16N2O2. The SMILES string of the molecule is Cc1ccc2c(c1)C(=O)N(C1(C)CCNC1)C2=O. The van der Waals surface area contributed by atoms with E-state index in [1.807, 2.05) is 19.9 Å². The van der Waals surface area contributed by atoms with Crippen LogP contribution in [-0.2, 0) is 0 Å². The number of imide groups is 1. The van der Waals surface area contributed by atoms with E-state index in [0.29, 0.717) is 17.7 Å². The van der Waals surface area contributed by atoms with Crippen LogP contribution in [0, 0.1) is 6.92 Å². The number of carbonyl (C=O) groups excluding carboxylic acids is 2. The lowest BCUT2D eigenvalue weighted by atomic mass is 9.99. The number of nitrogens with zero attached hydrogens (tertiary/aromatic N) is 1. The Morgan fingerprint density at radius 1 is 1.22 bits per heavy atom. The number of aryl methyl sites for hydroxylation is 1. The minimum absolute atomic E-state index is 0.148. The van der Waals surface area contributed by atoms with E-state index in [0.717, 1.165) is 18.5 Å². The molecule has 4 nitrogen and oxygen atoms in total. The van der Waals surface area contributed by atoms with E-state index in [-0.39, 0.29) is 17.4 Å². The van der Waals surface area contributed by atoms with Crippen molar-refractivity contribution in [3.8, 4) is 0 Å². The molecule has 2 amide bonds. The Morgan fingerprint density at radius 3 is 2.61 bits per heavy atom. The van der Waals surface area contributed by atoms with Gasteiger partial charge < -0.3 is 5.32 Å². The van der Waals surface area contributed by atoms with E-state index in [1.165, 1.54) is 4.90 Å². The summed E-state index contributed by atoms with van der Waals surface area (Å²) in [5.74, 6) is -0.300. The molecule has 0 spiro atoms. The third-order valence-electron chi connectivity index (χ3n) is 3.93. The van der Waals surface area contributed by atoms with Crippen LogP contribution in [0.25, 0.3) is 0 Å². The van der Waals surface area contributed by atoms with Crippen LogP contribution in [0.5, 0.6) is 0 Å². The maximum Gasteiger partial charge on any atom is 0.262 e. The van der Waals surface area contributed by atoms with Gasteiger partial charge in [-0.2, -0.15) is 0 Å². The van der Waals surface area contributed by atoms with Crippen LogP contribution in [0.15, 0.2) is 18.2 Å². The number of benzene rings is 1. The molecule has 0 aliphatic carbocycles. The van der Waals surface area contributed by atoms with Gasteiger partial charge in [-0.1, -0.05) is 11.6 Å². The summed E-state index contributed by atoms with van der Waals surface area (Å²) >= 11 is 0. The minimum Gasteiger partial charge on any atom is -0.314 e. The van der Waals surface area contributed by atoms with Crippen molar-refractivity contribution in [2.75, 3.05) is 13.1 Å². The molecule has 2 heterocycles. The van der Waals surface area contributed by atoms with Crippen LogP contribution >= 0.6 is 0 Å². The van der Waals surface area contributed by atoms with Gasteiger partial charge in [-0.05, 0) is 38.9 Å². The highest BCUT2D eigenvalue weighted by Crippen LogP contribution is 2.33. The lowest BCUT2D eigenvalue weighted by Gasteiger charge is -2.32. The Kier molecular flexibility index (Phi) is 2.32. The van der Waals surface area contributed by atoms with Crippen molar-refractivity contribution in [3.05, 3.63) is 34.9 Å². The van der Waals surface area contributed by atoms with Crippen molar-refractivity contribution >= 4 is 11.8 Å². The molecule has 0 bridgehead atoms. The Balaban J connectivity index is 2.07. The number of hydrogen-bond donors (Lipinski definition) is 1. The summed E-state index contributed by atoms with van der Waals surface area (Å²) < 4.78 is 0. The van der Waals surface area contributed by atoms with Gasteiger partial charge in [0.25, 0.3) is 11.8 Å². The molecule has 1 atom stereocenters. The largest absolute Gasteiger partial charge is 0.314 e. The van der Waals surface area contributed by atoms with Crippen molar-refractivity contribution in [2.45, 2.75) is 25.8 Å². The fourth-order valence-electron chi connectivity index (χ4n) is 2.84. The summed E-state index contributed by atoms with van der Waals surface area (Å²) in [5, 5.41) is 3.22. The number of carbonyl (C=O) groups is 2. The molecule has 2 aliphatic heterocycles. The van der Waals surface area contributed by atoms with Gasteiger partial charge in [-0.25, -0.2) is 0 Å². The topological polar surface area (TPSA) is 49.4 Å². The third-order valence-corrected chi connectivity index (χ3v) is 3.93. The molecule has 1 N–H and O–H groups in total. The maximum absolute atomic E-state index is 12.4. The molecule has 1 saturated heterocycles. The molecule has 1 unspecified atom stereocenters.